The van der Waals surface area contributed by atoms with Crippen molar-refractivity contribution < 1.29 is 5.11 Å². The zero-order valence-corrected chi connectivity index (χ0v) is 13.3. The zero-order chi connectivity index (χ0) is 15.2. The van der Waals surface area contributed by atoms with Crippen molar-refractivity contribution in [1.29, 1.82) is 0 Å². The largest absolute Gasteiger partial charge is 0.508 e. The monoisotopic (exact) mass is 303 g/mol. The molecule has 0 bridgehead atoms. The third-order valence-electron chi connectivity index (χ3n) is 3.50. The highest BCUT2D eigenvalue weighted by Crippen LogP contribution is 2.25. The maximum Gasteiger partial charge on any atom is 0.115 e. The first-order valence-corrected chi connectivity index (χ1v) is 7.72. The molecule has 0 radical (unpaired) electrons. The highest BCUT2D eigenvalue weighted by atomic mass is 35.5. The van der Waals surface area contributed by atoms with Gasteiger partial charge in [-0.05, 0) is 54.3 Å². The van der Waals surface area contributed by atoms with E-state index in [2.05, 4.69) is 19.2 Å². The molecule has 2 aromatic rings. The van der Waals surface area contributed by atoms with Gasteiger partial charge in [0.05, 0.1) is 6.04 Å². The molecule has 21 heavy (non-hydrogen) atoms. The van der Waals surface area contributed by atoms with Crippen molar-refractivity contribution in [1.82, 2.24) is 5.32 Å². The molecule has 2 rings (SSSR count). The molecule has 0 heterocycles. The molecule has 0 saturated heterocycles. The molecule has 0 saturated carbocycles. The lowest BCUT2D eigenvalue weighted by Crippen LogP contribution is -2.24. The Bertz CT molecular complexity index is 503. The second-order valence-corrected chi connectivity index (χ2v) is 6.15. The fourth-order valence-corrected chi connectivity index (χ4v) is 2.39. The van der Waals surface area contributed by atoms with Gasteiger partial charge in [-0.3, -0.25) is 0 Å². The van der Waals surface area contributed by atoms with Gasteiger partial charge in [0.2, 0.25) is 0 Å². The van der Waals surface area contributed by atoms with Crippen LogP contribution in [-0.2, 0) is 0 Å². The van der Waals surface area contributed by atoms with E-state index in [0.29, 0.717) is 5.92 Å². The van der Waals surface area contributed by atoms with Gasteiger partial charge in [-0.15, -0.1) is 0 Å². The third kappa shape index (κ3) is 4.76. The Labute approximate surface area is 131 Å². The topological polar surface area (TPSA) is 32.3 Å². The molecule has 2 nitrogen and oxygen atoms in total. The molecule has 3 heteroatoms. The molecule has 1 atom stereocenters. The first-order valence-electron chi connectivity index (χ1n) is 7.34. The zero-order valence-electron chi connectivity index (χ0n) is 12.5. The molecule has 0 amide bonds. The first-order chi connectivity index (χ1) is 10.1. The molecule has 0 aliphatic carbocycles. The van der Waals surface area contributed by atoms with Gasteiger partial charge in [0.1, 0.15) is 5.75 Å². The van der Waals surface area contributed by atoms with E-state index in [9.17, 15) is 5.11 Å². The highest BCUT2D eigenvalue weighted by Gasteiger charge is 2.13. The van der Waals surface area contributed by atoms with Crippen LogP contribution in [0.2, 0.25) is 5.02 Å². The summed E-state index contributed by atoms with van der Waals surface area (Å²) in [6.07, 6.45) is 1.13. The quantitative estimate of drug-likeness (QED) is 0.805. The van der Waals surface area contributed by atoms with Crippen LogP contribution in [0.15, 0.2) is 48.5 Å². The van der Waals surface area contributed by atoms with Crippen LogP contribution in [0.3, 0.4) is 0 Å². The van der Waals surface area contributed by atoms with Gasteiger partial charge in [0.15, 0.2) is 0 Å². The summed E-state index contributed by atoms with van der Waals surface area (Å²) in [5, 5.41) is 13.8. The Kier molecular flexibility index (Phi) is 5.66. The van der Waals surface area contributed by atoms with Crippen molar-refractivity contribution in [3.05, 3.63) is 64.7 Å². The van der Waals surface area contributed by atoms with Gasteiger partial charge in [0, 0.05) is 5.02 Å². The van der Waals surface area contributed by atoms with Crippen molar-refractivity contribution in [2.24, 2.45) is 5.92 Å². The Morgan fingerprint density at radius 2 is 1.48 bits per heavy atom. The summed E-state index contributed by atoms with van der Waals surface area (Å²) in [7, 11) is 0. The Balaban J connectivity index is 2.21. The van der Waals surface area contributed by atoms with Crippen LogP contribution in [0.4, 0.5) is 0 Å². The van der Waals surface area contributed by atoms with Crippen LogP contribution in [0.25, 0.3) is 0 Å². The molecule has 0 spiro atoms. The number of aromatic hydroxyl groups is 1. The van der Waals surface area contributed by atoms with Crippen molar-refractivity contribution in [3.8, 4) is 5.75 Å². The summed E-state index contributed by atoms with van der Waals surface area (Å²) in [5.74, 6) is 0.957. The number of benzene rings is 2. The van der Waals surface area contributed by atoms with Crippen molar-refractivity contribution >= 4 is 11.6 Å². The molecule has 0 aliphatic heterocycles. The van der Waals surface area contributed by atoms with Gasteiger partial charge < -0.3 is 10.4 Å². The van der Waals surface area contributed by atoms with E-state index < -0.39 is 0 Å². The first kappa shape index (κ1) is 15.9. The molecule has 112 valence electrons. The van der Waals surface area contributed by atoms with E-state index in [4.69, 9.17) is 11.6 Å². The maximum atomic E-state index is 9.46. The minimum Gasteiger partial charge on any atom is -0.508 e. The van der Waals surface area contributed by atoms with Gasteiger partial charge in [-0.2, -0.15) is 0 Å². The molecule has 0 aliphatic rings. The Hall–Kier alpha value is -1.51. The van der Waals surface area contributed by atoms with Crippen molar-refractivity contribution in [2.75, 3.05) is 6.54 Å². The molecule has 0 fully saturated rings. The predicted molar refractivity (Wildman–Crippen MR) is 88.9 cm³/mol. The average Bonchev–Trinajstić information content (AvgIpc) is 2.46. The molecule has 0 aromatic heterocycles. The normalized spacial score (nSPS) is 12.6. The van der Waals surface area contributed by atoms with Crippen LogP contribution in [0, 0.1) is 5.92 Å². The number of phenolic OH excluding ortho intramolecular Hbond substituents is 1. The fraction of sp³-hybridized carbons (Fsp3) is 0.333. The number of hydrogen-bond donors (Lipinski definition) is 2. The van der Waals surface area contributed by atoms with Crippen LogP contribution in [0.1, 0.15) is 37.4 Å². The minimum atomic E-state index is 0.113. The van der Waals surface area contributed by atoms with E-state index in [1.807, 2.05) is 36.4 Å². The van der Waals surface area contributed by atoms with Gasteiger partial charge in [0.25, 0.3) is 0 Å². The molecule has 2 aromatic carbocycles. The van der Waals surface area contributed by atoms with Crippen molar-refractivity contribution in [3.63, 3.8) is 0 Å². The number of rotatable bonds is 6. The second kappa shape index (κ2) is 7.48. The average molecular weight is 304 g/mol. The van der Waals surface area contributed by atoms with E-state index in [1.54, 1.807) is 12.1 Å². The maximum absolute atomic E-state index is 9.46. The highest BCUT2D eigenvalue weighted by molar-refractivity contribution is 6.30. The summed E-state index contributed by atoms with van der Waals surface area (Å²) < 4.78 is 0. The lowest BCUT2D eigenvalue weighted by molar-refractivity contribution is 0.474. The number of nitrogens with one attached hydrogen (secondary N) is 1. The summed E-state index contributed by atoms with van der Waals surface area (Å²) in [6.45, 7) is 5.39. The van der Waals surface area contributed by atoms with E-state index in [1.165, 1.54) is 5.56 Å². The molecular weight excluding hydrogens is 282 g/mol. The lowest BCUT2D eigenvalue weighted by Gasteiger charge is -2.21. The van der Waals surface area contributed by atoms with Crippen LogP contribution < -0.4 is 5.32 Å². The molecule has 2 N–H and O–H groups in total. The molecular formula is C18H22ClNO. The van der Waals surface area contributed by atoms with Gasteiger partial charge in [-0.25, -0.2) is 0 Å². The smallest absolute Gasteiger partial charge is 0.115 e. The van der Waals surface area contributed by atoms with Crippen molar-refractivity contribution in [2.45, 2.75) is 26.3 Å². The minimum absolute atomic E-state index is 0.113. The number of hydrogen-bond acceptors (Lipinski definition) is 2. The number of phenols is 1. The SMILES string of the molecule is CC(C)CCNC(c1ccc(O)cc1)c1ccc(Cl)cc1. The van der Waals surface area contributed by atoms with Crippen LogP contribution in [0.5, 0.6) is 5.75 Å². The van der Waals surface area contributed by atoms with Gasteiger partial charge in [-0.1, -0.05) is 49.7 Å². The van der Waals surface area contributed by atoms with Crippen LogP contribution in [-0.4, -0.2) is 11.7 Å². The third-order valence-corrected chi connectivity index (χ3v) is 3.75. The van der Waals surface area contributed by atoms with Gasteiger partial charge >= 0.3 is 0 Å². The Morgan fingerprint density at radius 3 is 2.00 bits per heavy atom. The second-order valence-electron chi connectivity index (χ2n) is 5.71. The molecule has 1 unspecified atom stereocenters. The predicted octanol–water partition coefficient (Wildman–Crippen LogP) is 4.77. The lowest BCUT2D eigenvalue weighted by atomic mass is 9.98. The standard InChI is InChI=1S/C18H22ClNO/c1-13(2)11-12-20-18(14-3-7-16(19)8-4-14)15-5-9-17(21)10-6-15/h3-10,13,18,20-21H,11-12H2,1-2H3. The van der Waals surface area contributed by atoms with E-state index >= 15 is 0 Å². The Morgan fingerprint density at radius 1 is 0.952 bits per heavy atom. The number of halogens is 1. The summed E-state index contributed by atoms with van der Waals surface area (Å²) in [5.41, 5.74) is 2.31. The summed E-state index contributed by atoms with van der Waals surface area (Å²) >= 11 is 5.98. The summed E-state index contributed by atoms with van der Waals surface area (Å²) in [4.78, 5) is 0. The summed E-state index contributed by atoms with van der Waals surface area (Å²) in [6, 6.07) is 15.4. The van der Waals surface area contributed by atoms with E-state index in [-0.39, 0.29) is 11.8 Å². The van der Waals surface area contributed by atoms with Crippen LogP contribution >= 0.6 is 11.6 Å². The van der Waals surface area contributed by atoms with E-state index in [0.717, 1.165) is 23.6 Å². The fourth-order valence-electron chi connectivity index (χ4n) is 2.27.